The molecule has 8 nitrogen and oxygen atoms in total. The molecule has 1 aromatic rings. The first-order valence-corrected chi connectivity index (χ1v) is 10.3. The maximum atomic E-state index is 12.8. The molecule has 1 aromatic heterocycles. The van der Waals surface area contributed by atoms with Crippen LogP contribution in [0.25, 0.3) is 0 Å². The van der Waals surface area contributed by atoms with Gasteiger partial charge in [0.05, 0.1) is 0 Å². The molecule has 0 aliphatic carbocycles. The second kappa shape index (κ2) is 9.24. The third kappa shape index (κ3) is 5.46. The van der Waals surface area contributed by atoms with E-state index < -0.39 is 11.5 Å². The molecule has 2 saturated heterocycles. The number of aryl methyl sites for hydroxylation is 1. The molecule has 2 N–H and O–H groups in total. The summed E-state index contributed by atoms with van der Waals surface area (Å²) < 4.78 is 0. The summed E-state index contributed by atoms with van der Waals surface area (Å²) in [5.41, 5.74) is 1.73. The Hall–Kier alpha value is -2.64. The standard InChI is InChI=1S/C21H30N4O4/c1-16-15-22-10-6-17(16)24-11-2-12-25(14-13-24)19(27)4-8-21(9-5-20(28)29)7-3-18(26)23-21/h6,10,15H,2-5,7-9,11-14H2,1H3,(H,23,26)(H,28,29)/t21-/m0/s1. The maximum absolute atomic E-state index is 12.8. The van der Waals surface area contributed by atoms with Crippen molar-refractivity contribution in [2.45, 2.75) is 57.4 Å². The number of anilines is 1. The van der Waals surface area contributed by atoms with Gasteiger partial charge < -0.3 is 20.2 Å². The van der Waals surface area contributed by atoms with Crippen molar-refractivity contribution < 1.29 is 19.5 Å². The number of aliphatic carboxylic acids is 1. The van der Waals surface area contributed by atoms with Crippen LogP contribution in [0.3, 0.4) is 0 Å². The molecule has 3 heterocycles. The monoisotopic (exact) mass is 402 g/mol. The minimum atomic E-state index is -0.879. The van der Waals surface area contributed by atoms with Crippen molar-refractivity contribution >= 4 is 23.5 Å². The van der Waals surface area contributed by atoms with Gasteiger partial charge in [-0.1, -0.05) is 0 Å². The van der Waals surface area contributed by atoms with Crippen molar-refractivity contribution in [3.8, 4) is 0 Å². The summed E-state index contributed by atoms with van der Waals surface area (Å²) in [7, 11) is 0. The molecule has 158 valence electrons. The quantitative estimate of drug-likeness (QED) is 0.720. The first-order chi connectivity index (χ1) is 13.9. The van der Waals surface area contributed by atoms with Crippen LogP contribution in [0.15, 0.2) is 18.5 Å². The van der Waals surface area contributed by atoms with Crippen LogP contribution < -0.4 is 10.2 Å². The van der Waals surface area contributed by atoms with E-state index in [-0.39, 0.29) is 18.2 Å². The van der Waals surface area contributed by atoms with Gasteiger partial charge in [0.1, 0.15) is 0 Å². The Balaban J connectivity index is 1.55. The number of hydrogen-bond donors (Lipinski definition) is 2. The van der Waals surface area contributed by atoms with Crippen LogP contribution in [0.5, 0.6) is 0 Å². The summed E-state index contributed by atoms with van der Waals surface area (Å²) in [6, 6.07) is 2.02. The van der Waals surface area contributed by atoms with Gasteiger partial charge in [0.15, 0.2) is 0 Å². The molecule has 2 amide bonds. The van der Waals surface area contributed by atoms with Crippen LogP contribution in [0.4, 0.5) is 5.69 Å². The Bertz CT molecular complexity index is 769. The molecular formula is C21H30N4O4. The van der Waals surface area contributed by atoms with E-state index in [4.69, 9.17) is 5.11 Å². The van der Waals surface area contributed by atoms with E-state index in [0.717, 1.165) is 30.8 Å². The second-order valence-corrected chi connectivity index (χ2v) is 8.11. The molecule has 0 spiro atoms. The number of amides is 2. The van der Waals surface area contributed by atoms with E-state index in [0.29, 0.717) is 45.2 Å². The number of carbonyl (C=O) groups is 3. The van der Waals surface area contributed by atoms with Gasteiger partial charge >= 0.3 is 5.97 Å². The summed E-state index contributed by atoms with van der Waals surface area (Å²) in [5.74, 6) is -0.856. The van der Waals surface area contributed by atoms with Gasteiger partial charge in [0.25, 0.3) is 0 Å². The van der Waals surface area contributed by atoms with E-state index in [2.05, 4.69) is 15.2 Å². The number of aromatic nitrogens is 1. The van der Waals surface area contributed by atoms with Crippen LogP contribution in [0, 0.1) is 6.92 Å². The van der Waals surface area contributed by atoms with Crippen LogP contribution in [-0.4, -0.2) is 64.5 Å². The molecule has 0 radical (unpaired) electrons. The zero-order chi connectivity index (χ0) is 20.9. The van der Waals surface area contributed by atoms with Gasteiger partial charge in [-0.3, -0.25) is 19.4 Å². The predicted molar refractivity (Wildman–Crippen MR) is 109 cm³/mol. The Morgan fingerprint density at radius 1 is 1.21 bits per heavy atom. The minimum absolute atomic E-state index is 0.00156. The van der Waals surface area contributed by atoms with Crippen LogP contribution in [0.2, 0.25) is 0 Å². The van der Waals surface area contributed by atoms with Gasteiger partial charge in [-0.2, -0.15) is 0 Å². The van der Waals surface area contributed by atoms with Crippen molar-refractivity contribution in [2.75, 3.05) is 31.1 Å². The molecule has 0 bridgehead atoms. The first kappa shape index (κ1) is 21.1. The van der Waals surface area contributed by atoms with Gasteiger partial charge in [0, 0.05) is 69.1 Å². The van der Waals surface area contributed by atoms with Gasteiger partial charge in [-0.15, -0.1) is 0 Å². The average molecular weight is 402 g/mol. The number of rotatable bonds is 7. The minimum Gasteiger partial charge on any atom is -0.481 e. The lowest BCUT2D eigenvalue weighted by atomic mass is 9.86. The first-order valence-electron chi connectivity index (χ1n) is 10.3. The molecule has 0 unspecified atom stereocenters. The molecule has 0 saturated carbocycles. The Morgan fingerprint density at radius 3 is 2.69 bits per heavy atom. The fourth-order valence-electron chi connectivity index (χ4n) is 4.35. The summed E-state index contributed by atoms with van der Waals surface area (Å²) in [6.45, 7) is 5.09. The van der Waals surface area contributed by atoms with Gasteiger partial charge in [-0.05, 0) is 44.2 Å². The number of hydrogen-bond acceptors (Lipinski definition) is 5. The fourth-order valence-corrected chi connectivity index (χ4v) is 4.35. The Morgan fingerprint density at radius 2 is 2.00 bits per heavy atom. The normalized spacial score (nSPS) is 22.3. The largest absolute Gasteiger partial charge is 0.481 e. The smallest absolute Gasteiger partial charge is 0.303 e. The second-order valence-electron chi connectivity index (χ2n) is 8.11. The molecule has 3 rings (SSSR count). The molecule has 2 aliphatic rings. The third-order valence-electron chi connectivity index (χ3n) is 6.05. The van der Waals surface area contributed by atoms with Crippen molar-refractivity contribution in [2.24, 2.45) is 0 Å². The van der Waals surface area contributed by atoms with Crippen molar-refractivity contribution in [1.29, 1.82) is 0 Å². The number of carboxylic acid groups (broad SMARTS) is 1. The fraction of sp³-hybridized carbons (Fsp3) is 0.619. The SMILES string of the molecule is Cc1cnccc1N1CCCN(C(=O)CC[C@]2(CCC(=O)O)CCC(=O)N2)CC1. The summed E-state index contributed by atoms with van der Waals surface area (Å²) >= 11 is 0. The number of carboxylic acids is 1. The highest BCUT2D eigenvalue weighted by Gasteiger charge is 2.38. The summed E-state index contributed by atoms with van der Waals surface area (Å²) in [4.78, 5) is 43.9. The average Bonchev–Trinajstić information content (AvgIpc) is 2.90. The molecule has 1 atom stereocenters. The number of carbonyl (C=O) groups excluding carboxylic acids is 2. The van der Waals surface area contributed by atoms with Crippen molar-refractivity contribution in [1.82, 2.24) is 15.2 Å². The lowest BCUT2D eigenvalue weighted by Gasteiger charge is -2.30. The number of pyridine rings is 1. The van der Waals surface area contributed by atoms with Crippen LogP contribution >= 0.6 is 0 Å². The number of nitrogens with one attached hydrogen (secondary N) is 1. The predicted octanol–water partition coefficient (Wildman–Crippen LogP) is 1.72. The van der Waals surface area contributed by atoms with E-state index in [1.165, 1.54) is 0 Å². The van der Waals surface area contributed by atoms with Gasteiger partial charge in [-0.25, -0.2) is 0 Å². The highest BCUT2D eigenvalue weighted by Crippen LogP contribution is 2.30. The lowest BCUT2D eigenvalue weighted by molar-refractivity contribution is -0.137. The Kier molecular flexibility index (Phi) is 6.71. The summed E-state index contributed by atoms with van der Waals surface area (Å²) in [5, 5.41) is 11.9. The highest BCUT2D eigenvalue weighted by atomic mass is 16.4. The third-order valence-corrected chi connectivity index (χ3v) is 6.05. The van der Waals surface area contributed by atoms with Crippen LogP contribution in [-0.2, 0) is 14.4 Å². The molecular weight excluding hydrogens is 372 g/mol. The lowest BCUT2D eigenvalue weighted by Crippen LogP contribution is -2.43. The molecule has 0 aromatic carbocycles. The van der Waals surface area contributed by atoms with E-state index in [1.807, 2.05) is 24.1 Å². The molecule has 8 heteroatoms. The van der Waals surface area contributed by atoms with E-state index in [1.54, 1.807) is 6.20 Å². The zero-order valence-electron chi connectivity index (χ0n) is 17.0. The molecule has 2 fully saturated rings. The summed E-state index contributed by atoms with van der Waals surface area (Å²) in [6.07, 6.45) is 6.74. The molecule has 29 heavy (non-hydrogen) atoms. The van der Waals surface area contributed by atoms with E-state index in [9.17, 15) is 14.4 Å². The van der Waals surface area contributed by atoms with Gasteiger partial charge in [0.2, 0.25) is 11.8 Å². The topological polar surface area (TPSA) is 103 Å². The van der Waals surface area contributed by atoms with Crippen molar-refractivity contribution in [3.05, 3.63) is 24.0 Å². The number of nitrogens with zero attached hydrogens (tertiary/aromatic N) is 3. The zero-order valence-corrected chi connectivity index (χ0v) is 17.0. The van der Waals surface area contributed by atoms with Crippen molar-refractivity contribution in [3.63, 3.8) is 0 Å². The molecule has 2 aliphatic heterocycles. The van der Waals surface area contributed by atoms with E-state index >= 15 is 0 Å². The van der Waals surface area contributed by atoms with Crippen LogP contribution in [0.1, 0.15) is 50.5 Å². The maximum Gasteiger partial charge on any atom is 0.303 e. The highest BCUT2D eigenvalue weighted by molar-refractivity contribution is 5.80. The Labute approximate surface area is 171 Å².